The van der Waals surface area contributed by atoms with Gasteiger partial charge in [-0.05, 0) is 67.6 Å². The van der Waals surface area contributed by atoms with Gasteiger partial charge in [-0.3, -0.25) is 9.52 Å². The lowest BCUT2D eigenvalue weighted by atomic mass is 10.2. The van der Waals surface area contributed by atoms with Crippen molar-refractivity contribution in [1.29, 1.82) is 0 Å². The fourth-order valence-electron chi connectivity index (χ4n) is 2.51. The number of carbonyl (C=O) groups excluding carboxylic acids is 1. The molecule has 3 rings (SSSR count). The SMILES string of the molecule is CCOc1ccc(NC(=O)c2ccc(NS(=O)(=O)c3ccccc3)cc2)cc1. The molecule has 0 heterocycles. The minimum Gasteiger partial charge on any atom is -0.494 e. The minimum absolute atomic E-state index is 0.173. The second kappa shape index (κ2) is 8.58. The fourth-order valence-corrected chi connectivity index (χ4v) is 3.59. The molecule has 0 saturated carbocycles. The average molecular weight is 396 g/mol. The molecule has 0 aliphatic rings. The molecule has 0 radical (unpaired) electrons. The molecule has 1 amide bonds. The highest BCUT2D eigenvalue weighted by molar-refractivity contribution is 7.92. The molecule has 0 aromatic heterocycles. The molecule has 28 heavy (non-hydrogen) atoms. The maximum Gasteiger partial charge on any atom is 0.261 e. The zero-order valence-electron chi connectivity index (χ0n) is 15.3. The highest BCUT2D eigenvalue weighted by Crippen LogP contribution is 2.19. The lowest BCUT2D eigenvalue weighted by Crippen LogP contribution is -2.14. The summed E-state index contributed by atoms with van der Waals surface area (Å²) in [5, 5.41) is 2.79. The summed E-state index contributed by atoms with van der Waals surface area (Å²) in [5.74, 6) is 0.442. The van der Waals surface area contributed by atoms with Crippen LogP contribution in [0.4, 0.5) is 11.4 Å². The van der Waals surface area contributed by atoms with Crippen LogP contribution >= 0.6 is 0 Å². The summed E-state index contributed by atoms with van der Waals surface area (Å²) in [5.41, 5.74) is 1.43. The number of amides is 1. The number of rotatable bonds is 7. The summed E-state index contributed by atoms with van der Waals surface area (Å²) in [6.45, 7) is 2.48. The lowest BCUT2D eigenvalue weighted by Gasteiger charge is -2.10. The predicted molar refractivity (Wildman–Crippen MR) is 109 cm³/mol. The first-order chi connectivity index (χ1) is 13.5. The number of hydrogen-bond acceptors (Lipinski definition) is 4. The van der Waals surface area contributed by atoms with Gasteiger partial charge in [0.2, 0.25) is 0 Å². The number of nitrogens with one attached hydrogen (secondary N) is 2. The maximum atomic E-state index is 12.4. The van der Waals surface area contributed by atoms with Crippen LogP contribution in [-0.4, -0.2) is 20.9 Å². The average Bonchev–Trinajstić information content (AvgIpc) is 2.70. The Labute approximate surface area is 164 Å². The topological polar surface area (TPSA) is 84.5 Å². The van der Waals surface area contributed by atoms with Crippen LogP contribution in [0.2, 0.25) is 0 Å². The first-order valence-corrected chi connectivity index (χ1v) is 10.2. The van der Waals surface area contributed by atoms with Gasteiger partial charge in [0, 0.05) is 16.9 Å². The van der Waals surface area contributed by atoms with Crippen LogP contribution in [0.15, 0.2) is 83.8 Å². The normalized spacial score (nSPS) is 10.9. The van der Waals surface area contributed by atoms with Crippen LogP contribution in [0.1, 0.15) is 17.3 Å². The molecule has 144 valence electrons. The van der Waals surface area contributed by atoms with Crippen LogP contribution in [0.3, 0.4) is 0 Å². The summed E-state index contributed by atoms with van der Waals surface area (Å²) in [7, 11) is -3.67. The van der Waals surface area contributed by atoms with Crippen LogP contribution in [-0.2, 0) is 10.0 Å². The van der Waals surface area contributed by atoms with Crippen LogP contribution in [0, 0.1) is 0 Å². The first kappa shape index (κ1) is 19.4. The lowest BCUT2D eigenvalue weighted by molar-refractivity contribution is 0.102. The van der Waals surface area contributed by atoms with Crippen LogP contribution in [0.5, 0.6) is 5.75 Å². The largest absolute Gasteiger partial charge is 0.494 e. The van der Waals surface area contributed by atoms with Gasteiger partial charge >= 0.3 is 0 Å². The molecule has 7 heteroatoms. The molecule has 0 aliphatic carbocycles. The van der Waals surface area contributed by atoms with E-state index in [1.54, 1.807) is 66.7 Å². The molecule has 0 bridgehead atoms. The first-order valence-electron chi connectivity index (χ1n) is 8.70. The number of ether oxygens (including phenoxy) is 1. The van der Waals surface area contributed by atoms with Crippen molar-refractivity contribution >= 4 is 27.3 Å². The number of carbonyl (C=O) groups is 1. The Bertz CT molecular complexity index is 1030. The molecule has 0 unspecified atom stereocenters. The van der Waals surface area contributed by atoms with Crippen molar-refractivity contribution in [3.05, 3.63) is 84.4 Å². The van der Waals surface area contributed by atoms with E-state index in [-0.39, 0.29) is 10.8 Å². The number of benzene rings is 3. The van der Waals surface area contributed by atoms with Gasteiger partial charge < -0.3 is 10.1 Å². The van der Waals surface area contributed by atoms with E-state index in [0.717, 1.165) is 5.75 Å². The van der Waals surface area contributed by atoms with E-state index in [1.165, 1.54) is 12.1 Å². The summed E-state index contributed by atoms with van der Waals surface area (Å²) in [6, 6.07) is 21.4. The minimum atomic E-state index is -3.67. The van der Waals surface area contributed by atoms with Gasteiger partial charge in [-0.1, -0.05) is 18.2 Å². The van der Waals surface area contributed by atoms with Crippen molar-refractivity contribution < 1.29 is 17.9 Å². The highest BCUT2D eigenvalue weighted by Gasteiger charge is 2.14. The quantitative estimate of drug-likeness (QED) is 0.629. The zero-order valence-corrected chi connectivity index (χ0v) is 16.1. The van der Waals surface area contributed by atoms with Gasteiger partial charge in [-0.2, -0.15) is 0 Å². The van der Waals surface area contributed by atoms with E-state index in [1.807, 2.05) is 6.92 Å². The Morgan fingerprint density at radius 1 is 0.857 bits per heavy atom. The molecule has 6 nitrogen and oxygen atoms in total. The second-order valence-electron chi connectivity index (χ2n) is 5.91. The van der Waals surface area contributed by atoms with Gasteiger partial charge in [0.1, 0.15) is 5.75 Å². The van der Waals surface area contributed by atoms with Crippen molar-refractivity contribution in [2.45, 2.75) is 11.8 Å². The van der Waals surface area contributed by atoms with Crippen molar-refractivity contribution in [2.75, 3.05) is 16.6 Å². The van der Waals surface area contributed by atoms with E-state index in [9.17, 15) is 13.2 Å². The molecule has 0 spiro atoms. The molecule has 0 fully saturated rings. The maximum absolute atomic E-state index is 12.4. The predicted octanol–water partition coefficient (Wildman–Crippen LogP) is 4.14. The number of anilines is 2. The zero-order chi connectivity index (χ0) is 20.0. The molecular weight excluding hydrogens is 376 g/mol. The van der Waals surface area contributed by atoms with Crippen molar-refractivity contribution in [3.8, 4) is 5.75 Å². The monoisotopic (exact) mass is 396 g/mol. The van der Waals surface area contributed by atoms with Gasteiger partial charge in [-0.25, -0.2) is 8.42 Å². The summed E-state index contributed by atoms with van der Waals surface area (Å²) < 4.78 is 32.5. The Kier molecular flexibility index (Phi) is 5.96. The summed E-state index contributed by atoms with van der Waals surface area (Å²) >= 11 is 0. The Morgan fingerprint density at radius 2 is 1.46 bits per heavy atom. The Hall–Kier alpha value is -3.32. The van der Waals surface area contributed by atoms with Gasteiger partial charge in [0.05, 0.1) is 11.5 Å². The van der Waals surface area contributed by atoms with Crippen molar-refractivity contribution in [2.24, 2.45) is 0 Å². The Morgan fingerprint density at radius 3 is 2.07 bits per heavy atom. The van der Waals surface area contributed by atoms with E-state index in [2.05, 4.69) is 10.0 Å². The molecule has 0 saturated heterocycles. The third-order valence-corrected chi connectivity index (χ3v) is 5.27. The van der Waals surface area contributed by atoms with E-state index >= 15 is 0 Å². The molecule has 0 aliphatic heterocycles. The number of sulfonamides is 1. The molecule has 0 atom stereocenters. The second-order valence-corrected chi connectivity index (χ2v) is 7.59. The van der Waals surface area contributed by atoms with E-state index in [4.69, 9.17) is 4.74 Å². The summed E-state index contributed by atoms with van der Waals surface area (Å²) in [6.07, 6.45) is 0. The van der Waals surface area contributed by atoms with Gasteiger partial charge in [-0.15, -0.1) is 0 Å². The van der Waals surface area contributed by atoms with Gasteiger partial charge in [0.25, 0.3) is 15.9 Å². The van der Waals surface area contributed by atoms with Gasteiger partial charge in [0.15, 0.2) is 0 Å². The molecule has 3 aromatic rings. The fraction of sp³-hybridized carbons (Fsp3) is 0.0952. The number of hydrogen-bond donors (Lipinski definition) is 2. The van der Waals surface area contributed by atoms with Crippen LogP contribution < -0.4 is 14.8 Å². The summed E-state index contributed by atoms with van der Waals surface area (Å²) in [4.78, 5) is 12.5. The molecular formula is C21H20N2O4S. The molecule has 2 N–H and O–H groups in total. The van der Waals surface area contributed by atoms with E-state index < -0.39 is 10.0 Å². The van der Waals surface area contributed by atoms with Crippen LogP contribution in [0.25, 0.3) is 0 Å². The smallest absolute Gasteiger partial charge is 0.261 e. The van der Waals surface area contributed by atoms with Crippen molar-refractivity contribution in [3.63, 3.8) is 0 Å². The third-order valence-electron chi connectivity index (χ3n) is 3.88. The Balaban J connectivity index is 1.66. The molecule has 3 aromatic carbocycles. The highest BCUT2D eigenvalue weighted by atomic mass is 32.2. The third kappa shape index (κ3) is 4.89. The standard InChI is InChI=1S/C21H20N2O4S/c1-2-27-19-14-12-17(13-15-19)22-21(24)16-8-10-18(11-9-16)23-28(25,26)20-6-4-3-5-7-20/h3-15,23H,2H2,1H3,(H,22,24). The van der Waals surface area contributed by atoms with E-state index in [0.29, 0.717) is 23.5 Å². The van der Waals surface area contributed by atoms with Crippen molar-refractivity contribution in [1.82, 2.24) is 0 Å².